The van der Waals surface area contributed by atoms with E-state index < -0.39 is 46.7 Å². The standard InChI is InChI=1S/C26H27F6N3O5S/c1-13-11-15(24(39,25(27,28)29)26(30,31)32)6-7-16(13)18-17(21(37)35-10-4-5-14(35)2)34-20(41-18)19(36)33-12-23(8-9-23)22(38)40-3/h6-7,11,14,39H,4-5,8-10,12H2,1-3H3,(H,33,36). The van der Waals surface area contributed by atoms with Gasteiger partial charge in [0.15, 0.2) is 5.01 Å². The van der Waals surface area contributed by atoms with Crippen molar-refractivity contribution < 1.29 is 50.6 Å². The minimum Gasteiger partial charge on any atom is -0.469 e. The van der Waals surface area contributed by atoms with Crippen molar-refractivity contribution in [2.75, 3.05) is 20.2 Å². The maximum absolute atomic E-state index is 13.5. The summed E-state index contributed by atoms with van der Waals surface area (Å²) >= 11 is 0.739. The Labute approximate surface area is 234 Å². The van der Waals surface area contributed by atoms with Crippen LogP contribution in [0.2, 0.25) is 0 Å². The summed E-state index contributed by atoms with van der Waals surface area (Å²) in [6, 6.07) is 1.82. The number of alkyl halides is 6. The molecule has 1 aromatic carbocycles. The van der Waals surface area contributed by atoms with Gasteiger partial charge in [-0.3, -0.25) is 14.4 Å². The fourth-order valence-electron chi connectivity index (χ4n) is 4.89. The molecule has 1 atom stereocenters. The molecule has 2 amide bonds. The summed E-state index contributed by atoms with van der Waals surface area (Å²) in [5, 5.41) is 12.2. The minimum atomic E-state index is -6.06. The molecule has 15 heteroatoms. The third-order valence-electron chi connectivity index (χ3n) is 7.61. The number of aromatic nitrogens is 1. The molecule has 0 spiro atoms. The normalized spacial score (nSPS) is 18.8. The van der Waals surface area contributed by atoms with Gasteiger partial charge < -0.3 is 20.1 Å². The van der Waals surface area contributed by atoms with E-state index in [0.29, 0.717) is 31.5 Å². The Kier molecular flexibility index (Phi) is 7.93. The molecule has 1 saturated carbocycles. The molecular formula is C26H27F6N3O5S. The van der Waals surface area contributed by atoms with Crippen LogP contribution in [-0.2, 0) is 15.1 Å². The third kappa shape index (κ3) is 5.41. The van der Waals surface area contributed by atoms with E-state index in [9.17, 15) is 45.8 Å². The number of halogens is 6. The number of hydrogen-bond acceptors (Lipinski definition) is 7. The molecule has 1 saturated heterocycles. The van der Waals surface area contributed by atoms with Crippen molar-refractivity contribution in [3.63, 3.8) is 0 Å². The number of thiazole rings is 1. The highest BCUT2D eigenvalue weighted by Gasteiger charge is 2.71. The molecule has 224 valence electrons. The van der Waals surface area contributed by atoms with Gasteiger partial charge in [-0.2, -0.15) is 26.3 Å². The van der Waals surface area contributed by atoms with Gasteiger partial charge in [-0.1, -0.05) is 18.2 Å². The number of nitrogens with one attached hydrogen (secondary N) is 1. The molecule has 2 N–H and O–H groups in total. The van der Waals surface area contributed by atoms with Crippen molar-refractivity contribution in [3.05, 3.63) is 40.0 Å². The van der Waals surface area contributed by atoms with E-state index in [0.717, 1.165) is 30.2 Å². The number of methoxy groups -OCH3 is 1. The van der Waals surface area contributed by atoms with Crippen LogP contribution in [0.1, 0.15) is 64.0 Å². The van der Waals surface area contributed by atoms with Gasteiger partial charge in [0.1, 0.15) is 5.69 Å². The Morgan fingerprint density at radius 1 is 1.17 bits per heavy atom. The fourth-order valence-corrected chi connectivity index (χ4v) is 5.96. The number of ether oxygens (including phenoxy) is 1. The molecule has 1 aliphatic heterocycles. The van der Waals surface area contributed by atoms with Crippen molar-refractivity contribution in [1.29, 1.82) is 0 Å². The largest absolute Gasteiger partial charge is 0.469 e. The monoisotopic (exact) mass is 607 g/mol. The smallest absolute Gasteiger partial charge is 0.430 e. The molecule has 2 aromatic rings. The highest BCUT2D eigenvalue weighted by Crippen LogP contribution is 2.51. The summed E-state index contributed by atoms with van der Waals surface area (Å²) in [5.74, 6) is -1.73. The molecule has 4 rings (SSSR count). The number of likely N-dealkylation sites (tertiary alicyclic amines) is 1. The maximum atomic E-state index is 13.5. The van der Waals surface area contributed by atoms with Crippen LogP contribution in [0.5, 0.6) is 0 Å². The molecule has 0 bridgehead atoms. The number of amides is 2. The Morgan fingerprint density at radius 2 is 1.80 bits per heavy atom. The molecule has 2 fully saturated rings. The number of aryl methyl sites for hydroxylation is 1. The van der Waals surface area contributed by atoms with Crippen molar-refractivity contribution in [3.8, 4) is 10.4 Å². The average molecular weight is 608 g/mol. The number of nitrogens with zero attached hydrogens (tertiary/aromatic N) is 2. The van der Waals surface area contributed by atoms with Crippen LogP contribution < -0.4 is 5.32 Å². The van der Waals surface area contributed by atoms with Gasteiger partial charge in [0.25, 0.3) is 17.4 Å². The first-order valence-corrected chi connectivity index (χ1v) is 13.4. The topological polar surface area (TPSA) is 109 Å². The molecule has 2 aliphatic rings. The third-order valence-corrected chi connectivity index (χ3v) is 8.69. The number of aliphatic hydroxyl groups is 1. The van der Waals surface area contributed by atoms with E-state index in [4.69, 9.17) is 4.74 Å². The van der Waals surface area contributed by atoms with Crippen LogP contribution in [0.3, 0.4) is 0 Å². The van der Waals surface area contributed by atoms with Crippen LogP contribution in [0.25, 0.3) is 10.4 Å². The van der Waals surface area contributed by atoms with Crippen molar-refractivity contribution in [2.45, 2.75) is 63.5 Å². The number of carbonyl (C=O) groups excluding carboxylic acids is 3. The van der Waals surface area contributed by atoms with E-state index >= 15 is 0 Å². The molecular weight excluding hydrogens is 580 g/mol. The van der Waals surface area contributed by atoms with Gasteiger partial charge in [0, 0.05) is 24.7 Å². The number of carbonyl (C=O) groups is 3. The Morgan fingerprint density at radius 3 is 2.29 bits per heavy atom. The molecule has 1 aliphatic carbocycles. The number of hydrogen-bond donors (Lipinski definition) is 2. The predicted molar refractivity (Wildman–Crippen MR) is 134 cm³/mol. The first-order chi connectivity index (χ1) is 19.0. The second-order valence-corrected chi connectivity index (χ2v) is 11.4. The molecule has 2 heterocycles. The van der Waals surface area contributed by atoms with Gasteiger partial charge in [-0.05, 0) is 50.7 Å². The molecule has 41 heavy (non-hydrogen) atoms. The first kappa shape index (κ1) is 30.8. The van der Waals surface area contributed by atoms with E-state index in [2.05, 4.69) is 10.3 Å². The predicted octanol–water partition coefficient (Wildman–Crippen LogP) is 4.74. The van der Waals surface area contributed by atoms with E-state index in [1.165, 1.54) is 18.9 Å². The maximum Gasteiger partial charge on any atom is 0.430 e. The summed E-state index contributed by atoms with van der Waals surface area (Å²) in [5.41, 5.74) is -7.64. The lowest BCUT2D eigenvalue weighted by Crippen LogP contribution is -2.53. The fraction of sp³-hybridized carbons (Fsp3) is 0.538. The molecule has 1 aromatic heterocycles. The first-order valence-electron chi connectivity index (χ1n) is 12.6. The lowest BCUT2D eigenvalue weighted by Gasteiger charge is -2.33. The zero-order valence-electron chi connectivity index (χ0n) is 22.2. The van der Waals surface area contributed by atoms with E-state index in [-0.39, 0.29) is 39.3 Å². The van der Waals surface area contributed by atoms with Gasteiger partial charge in [0.2, 0.25) is 0 Å². The molecule has 0 radical (unpaired) electrons. The Balaban J connectivity index is 1.74. The zero-order chi connectivity index (χ0) is 30.5. The lowest BCUT2D eigenvalue weighted by molar-refractivity contribution is -0.376. The van der Waals surface area contributed by atoms with E-state index in [1.54, 1.807) is 0 Å². The quantitative estimate of drug-likeness (QED) is 0.348. The SMILES string of the molecule is COC(=O)C1(CNC(=O)c2nc(C(=O)N3CCCC3C)c(-c3ccc(C(O)(C(F)(F)F)C(F)(F)F)cc3C)s2)CC1. The molecule has 8 nitrogen and oxygen atoms in total. The summed E-state index contributed by atoms with van der Waals surface area (Å²) in [6.07, 6.45) is -9.68. The number of rotatable bonds is 7. The summed E-state index contributed by atoms with van der Waals surface area (Å²) < 4.78 is 85.4. The van der Waals surface area contributed by atoms with Gasteiger partial charge in [0.05, 0.1) is 17.4 Å². The number of esters is 1. The Hall–Kier alpha value is -3.20. The van der Waals surface area contributed by atoms with Gasteiger partial charge in [-0.25, -0.2) is 4.98 Å². The summed E-state index contributed by atoms with van der Waals surface area (Å²) in [7, 11) is 1.23. The zero-order valence-corrected chi connectivity index (χ0v) is 23.0. The average Bonchev–Trinajstić information content (AvgIpc) is 3.35. The number of benzene rings is 1. The Bertz CT molecular complexity index is 1350. The summed E-state index contributed by atoms with van der Waals surface area (Å²) in [4.78, 5) is 44.3. The lowest BCUT2D eigenvalue weighted by atomic mass is 9.89. The van der Waals surface area contributed by atoms with Crippen LogP contribution in [0.4, 0.5) is 26.3 Å². The minimum absolute atomic E-state index is 0.0406. The van der Waals surface area contributed by atoms with Crippen molar-refractivity contribution in [2.24, 2.45) is 5.41 Å². The van der Waals surface area contributed by atoms with Crippen LogP contribution in [0.15, 0.2) is 18.2 Å². The van der Waals surface area contributed by atoms with Gasteiger partial charge >= 0.3 is 18.3 Å². The second kappa shape index (κ2) is 10.6. The van der Waals surface area contributed by atoms with Crippen LogP contribution >= 0.6 is 11.3 Å². The summed E-state index contributed by atoms with van der Waals surface area (Å²) in [6.45, 7) is 3.41. The van der Waals surface area contributed by atoms with Crippen molar-refractivity contribution >= 4 is 29.1 Å². The van der Waals surface area contributed by atoms with Gasteiger partial charge in [-0.15, -0.1) is 11.3 Å². The van der Waals surface area contributed by atoms with Crippen LogP contribution in [0, 0.1) is 12.3 Å². The van der Waals surface area contributed by atoms with E-state index in [1.807, 2.05) is 6.92 Å². The van der Waals surface area contributed by atoms with Crippen molar-refractivity contribution in [1.82, 2.24) is 15.2 Å². The van der Waals surface area contributed by atoms with Crippen LogP contribution in [-0.4, -0.2) is 71.4 Å². The highest BCUT2D eigenvalue weighted by molar-refractivity contribution is 7.17. The molecule has 1 unspecified atom stereocenters. The second-order valence-electron chi connectivity index (χ2n) is 10.4. The highest BCUT2D eigenvalue weighted by atomic mass is 32.1.